The van der Waals surface area contributed by atoms with E-state index in [1.807, 2.05) is 0 Å². The molecule has 1 aromatic carbocycles. The zero-order valence-electron chi connectivity index (χ0n) is 16.5. The molecule has 2 aliphatic rings. The van der Waals surface area contributed by atoms with Gasteiger partial charge in [-0.05, 0) is 55.5 Å². The van der Waals surface area contributed by atoms with E-state index in [0.717, 1.165) is 0 Å². The van der Waals surface area contributed by atoms with E-state index in [-0.39, 0.29) is 23.0 Å². The number of pyridine rings is 1. The Morgan fingerprint density at radius 2 is 1.90 bits per heavy atom. The van der Waals surface area contributed by atoms with E-state index in [1.54, 1.807) is 54.5 Å². The van der Waals surface area contributed by atoms with Crippen LogP contribution in [-0.4, -0.2) is 41.5 Å². The van der Waals surface area contributed by atoms with Gasteiger partial charge in [0.25, 0.3) is 21.8 Å². The van der Waals surface area contributed by atoms with Crippen LogP contribution < -0.4 is 10.0 Å². The fraction of sp³-hybridized carbons (Fsp3) is 0.143. The van der Waals surface area contributed by atoms with Crippen molar-refractivity contribution >= 4 is 39.2 Å². The molecule has 0 aliphatic carbocycles. The lowest BCUT2D eigenvalue weighted by atomic mass is 9.91. The first-order valence-electron chi connectivity index (χ1n) is 9.39. The van der Waals surface area contributed by atoms with Gasteiger partial charge in [-0.15, -0.1) is 0 Å². The molecule has 1 unspecified atom stereocenters. The minimum absolute atomic E-state index is 0.0220. The lowest BCUT2D eigenvalue weighted by Crippen LogP contribution is -2.58. The maximum atomic E-state index is 13.1. The molecule has 1 aromatic heterocycles. The van der Waals surface area contributed by atoms with Gasteiger partial charge < -0.3 is 10.2 Å². The number of nitrogens with zero attached hydrogens (tertiary/aromatic N) is 3. The highest BCUT2D eigenvalue weighted by molar-refractivity contribution is 7.92. The van der Waals surface area contributed by atoms with Gasteiger partial charge in [0.1, 0.15) is 17.2 Å². The van der Waals surface area contributed by atoms with Crippen LogP contribution in [0.2, 0.25) is 0 Å². The van der Waals surface area contributed by atoms with E-state index >= 15 is 0 Å². The highest BCUT2D eigenvalue weighted by Gasteiger charge is 2.45. The number of anilines is 2. The number of hydrogen-bond donors (Lipinski definition) is 2. The van der Waals surface area contributed by atoms with Crippen molar-refractivity contribution in [2.24, 2.45) is 4.99 Å². The quantitative estimate of drug-likeness (QED) is 0.740. The second-order valence-electron chi connectivity index (χ2n) is 7.18. The first-order valence-corrected chi connectivity index (χ1v) is 10.9. The molecule has 31 heavy (non-hydrogen) atoms. The van der Waals surface area contributed by atoms with Crippen LogP contribution in [0.4, 0.5) is 11.5 Å². The number of fused-ring (bicyclic) bond motifs is 1. The van der Waals surface area contributed by atoms with Gasteiger partial charge in [-0.1, -0.05) is 12.1 Å². The van der Waals surface area contributed by atoms with Gasteiger partial charge in [0.2, 0.25) is 0 Å². The summed E-state index contributed by atoms with van der Waals surface area (Å²) in [5, 5.41) is 2.76. The molecule has 1 atom stereocenters. The smallest absolute Gasteiger partial charge is 0.263 e. The number of amides is 2. The van der Waals surface area contributed by atoms with Crippen molar-refractivity contribution in [3.8, 4) is 0 Å². The summed E-state index contributed by atoms with van der Waals surface area (Å²) in [6.07, 6.45) is 8.26. The average Bonchev–Trinajstić information content (AvgIpc) is 2.74. The zero-order valence-corrected chi connectivity index (χ0v) is 17.3. The van der Waals surface area contributed by atoms with Crippen molar-refractivity contribution in [1.29, 1.82) is 0 Å². The van der Waals surface area contributed by atoms with Crippen LogP contribution in [-0.2, 0) is 19.6 Å². The maximum absolute atomic E-state index is 13.1. The number of amidine groups is 1. The summed E-state index contributed by atoms with van der Waals surface area (Å²) in [6, 6.07) is 10.6. The third-order valence-corrected chi connectivity index (χ3v) is 6.29. The number of carbonyl (C=O) groups is 2. The number of sulfonamides is 1. The Hall–Kier alpha value is -3.79. The number of benzene rings is 1. The number of allylic oxidation sites excluding steroid dienone is 2. The molecular formula is C21H19N5O4S. The summed E-state index contributed by atoms with van der Waals surface area (Å²) < 4.78 is 27.4. The maximum Gasteiger partial charge on any atom is 0.263 e. The summed E-state index contributed by atoms with van der Waals surface area (Å²) >= 11 is 0. The van der Waals surface area contributed by atoms with Gasteiger partial charge in [-0.2, -0.15) is 4.99 Å². The predicted octanol–water partition coefficient (Wildman–Crippen LogP) is 2.29. The van der Waals surface area contributed by atoms with Crippen molar-refractivity contribution in [1.82, 2.24) is 9.88 Å². The normalized spacial score (nSPS) is 20.1. The molecule has 0 fully saturated rings. The predicted molar refractivity (Wildman–Crippen MR) is 116 cm³/mol. The molecule has 2 N–H and O–H groups in total. The molecule has 158 valence electrons. The van der Waals surface area contributed by atoms with Crippen LogP contribution >= 0.6 is 0 Å². The molecule has 10 heteroatoms. The monoisotopic (exact) mass is 437 g/mol. The van der Waals surface area contributed by atoms with Gasteiger partial charge in [-0.3, -0.25) is 14.3 Å². The van der Waals surface area contributed by atoms with E-state index in [1.165, 1.54) is 30.5 Å². The minimum atomic E-state index is -3.82. The van der Waals surface area contributed by atoms with E-state index in [2.05, 4.69) is 20.0 Å². The summed E-state index contributed by atoms with van der Waals surface area (Å²) in [5.74, 6) is -0.185. The minimum Gasteiger partial charge on any atom is -0.324 e. The molecule has 0 bridgehead atoms. The van der Waals surface area contributed by atoms with Gasteiger partial charge in [-0.25, -0.2) is 13.4 Å². The number of carbonyl (C=O) groups excluding carboxylic acids is 2. The van der Waals surface area contributed by atoms with Crippen LogP contribution in [0.25, 0.3) is 0 Å². The van der Waals surface area contributed by atoms with Gasteiger partial charge in [0.15, 0.2) is 0 Å². The SMILES string of the molecule is CC1(C(=O)Nc2ccc(S(=O)(=O)Nc3ccccn3)cc2)CC(=O)N=C2C=CC=CN21. The van der Waals surface area contributed by atoms with Crippen LogP contribution in [0.3, 0.4) is 0 Å². The molecule has 2 aliphatic heterocycles. The molecule has 0 saturated heterocycles. The van der Waals surface area contributed by atoms with Crippen LogP contribution in [0, 0.1) is 0 Å². The number of rotatable bonds is 5. The van der Waals surface area contributed by atoms with Crippen molar-refractivity contribution in [3.05, 3.63) is 73.1 Å². The first kappa shape index (κ1) is 20.5. The van der Waals surface area contributed by atoms with E-state index in [4.69, 9.17) is 0 Å². The topological polar surface area (TPSA) is 121 Å². The summed E-state index contributed by atoms with van der Waals surface area (Å²) in [7, 11) is -3.82. The molecule has 0 spiro atoms. The fourth-order valence-corrected chi connectivity index (χ4v) is 4.29. The van der Waals surface area contributed by atoms with Crippen molar-refractivity contribution < 1.29 is 18.0 Å². The molecule has 3 heterocycles. The third kappa shape index (κ3) is 4.10. The molecule has 0 radical (unpaired) electrons. The third-order valence-electron chi connectivity index (χ3n) is 4.92. The lowest BCUT2D eigenvalue weighted by Gasteiger charge is -2.41. The van der Waals surface area contributed by atoms with Gasteiger partial charge in [0.05, 0.1) is 11.3 Å². The average molecular weight is 437 g/mol. The van der Waals surface area contributed by atoms with Crippen molar-refractivity contribution in [2.45, 2.75) is 23.8 Å². The lowest BCUT2D eigenvalue weighted by molar-refractivity contribution is -0.130. The number of aliphatic imine (C=N–C) groups is 1. The molecule has 0 saturated carbocycles. The van der Waals surface area contributed by atoms with Crippen LogP contribution in [0.15, 0.2) is 83.0 Å². The van der Waals surface area contributed by atoms with Crippen LogP contribution in [0.1, 0.15) is 13.3 Å². The summed E-state index contributed by atoms with van der Waals surface area (Å²) in [6.45, 7) is 1.66. The fourth-order valence-electron chi connectivity index (χ4n) is 3.28. The second-order valence-corrected chi connectivity index (χ2v) is 8.87. The number of nitrogens with one attached hydrogen (secondary N) is 2. The molecule has 9 nitrogen and oxygen atoms in total. The summed E-state index contributed by atoms with van der Waals surface area (Å²) in [5.41, 5.74) is -0.767. The first-order chi connectivity index (χ1) is 14.8. The van der Waals surface area contributed by atoms with Crippen molar-refractivity contribution in [2.75, 3.05) is 10.0 Å². The number of hydrogen-bond acceptors (Lipinski definition) is 6. The zero-order chi connectivity index (χ0) is 22.1. The van der Waals surface area contributed by atoms with E-state index in [0.29, 0.717) is 11.5 Å². The van der Waals surface area contributed by atoms with Crippen molar-refractivity contribution in [3.63, 3.8) is 0 Å². The Morgan fingerprint density at radius 1 is 1.13 bits per heavy atom. The largest absolute Gasteiger partial charge is 0.324 e. The molecule has 4 rings (SSSR count). The highest BCUT2D eigenvalue weighted by atomic mass is 32.2. The second kappa shape index (κ2) is 7.80. The Labute approximate surface area is 179 Å². The van der Waals surface area contributed by atoms with E-state index < -0.39 is 21.5 Å². The van der Waals surface area contributed by atoms with Crippen LogP contribution in [0.5, 0.6) is 0 Å². The Balaban J connectivity index is 1.51. The summed E-state index contributed by atoms with van der Waals surface area (Å²) in [4.78, 5) is 34.7. The Bertz CT molecular complexity index is 1220. The highest BCUT2D eigenvalue weighted by Crippen LogP contribution is 2.29. The van der Waals surface area contributed by atoms with Gasteiger partial charge in [0, 0.05) is 18.1 Å². The standard InChI is InChI=1S/C21H19N5O4S/c1-21(14-19(27)24-18-7-3-5-13-26(18)21)20(28)23-15-8-10-16(11-9-15)31(29,30)25-17-6-2-4-12-22-17/h2-13H,14H2,1H3,(H,22,25)(H,23,28). The Morgan fingerprint density at radius 3 is 2.61 bits per heavy atom. The molecule has 2 aromatic rings. The van der Waals surface area contributed by atoms with Gasteiger partial charge >= 0.3 is 0 Å². The number of aromatic nitrogens is 1. The molecular weight excluding hydrogens is 418 g/mol. The Kier molecular flexibility index (Phi) is 5.15. The molecule has 2 amide bonds. The van der Waals surface area contributed by atoms with E-state index in [9.17, 15) is 18.0 Å².